The van der Waals surface area contributed by atoms with E-state index < -0.39 is 11.6 Å². The first-order valence-corrected chi connectivity index (χ1v) is 9.85. The van der Waals surface area contributed by atoms with Crippen LogP contribution in [0.25, 0.3) is 0 Å². The van der Waals surface area contributed by atoms with E-state index in [1.807, 2.05) is 4.90 Å². The highest BCUT2D eigenvalue weighted by Crippen LogP contribution is 2.25. The first kappa shape index (κ1) is 19.6. The zero-order chi connectivity index (χ0) is 19.2. The largest absolute Gasteiger partial charge is 0.371 e. The lowest BCUT2D eigenvalue weighted by molar-refractivity contribution is -0.120. The summed E-state index contributed by atoms with van der Waals surface area (Å²) in [5, 5.41) is 2.94. The molecule has 0 radical (unpaired) electrons. The van der Waals surface area contributed by atoms with Crippen LogP contribution in [0.1, 0.15) is 12.8 Å². The van der Waals surface area contributed by atoms with Crippen molar-refractivity contribution in [3.63, 3.8) is 0 Å². The predicted octanol–water partition coefficient (Wildman–Crippen LogP) is 4.23. The maximum absolute atomic E-state index is 13.4. The molecule has 3 rings (SSSR count). The Bertz CT molecular complexity index is 785. The minimum absolute atomic E-state index is 0.0177. The van der Waals surface area contributed by atoms with Crippen LogP contribution in [0.2, 0.25) is 0 Å². The van der Waals surface area contributed by atoms with Gasteiger partial charge < -0.3 is 10.2 Å². The smallest absolute Gasteiger partial charge is 0.220 e. The van der Waals surface area contributed by atoms with Crippen molar-refractivity contribution in [2.75, 3.05) is 30.3 Å². The number of carbonyl (C=O) groups excluding carboxylic acids is 1. The van der Waals surface area contributed by atoms with Crippen LogP contribution < -0.4 is 10.2 Å². The number of hydrogen-bond donors (Lipinski definition) is 1. The summed E-state index contributed by atoms with van der Waals surface area (Å²) in [5.41, 5.74) is 0.665. The second-order valence-electron chi connectivity index (χ2n) is 6.56. The fourth-order valence-corrected chi connectivity index (χ4v) is 3.91. The number of thioether (sulfide) groups is 1. The molecule has 7 heteroatoms. The second-order valence-corrected chi connectivity index (χ2v) is 7.72. The van der Waals surface area contributed by atoms with Crippen LogP contribution >= 0.6 is 11.8 Å². The highest BCUT2D eigenvalue weighted by Gasteiger charge is 2.23. The fourth-order valence-electron chi connectivity index (χ4n) is 3.05. The molecular formula is C20H21F3N2OS. The number of rotatable bonds is 7. The average Bonchev–Trinajstić information content (AvgIpc) is 3.13. The van der Waals surface area contributed by atoms with Crippen molar-refractivity contribution in [2.45, 2.75) is 17.7 Å². The number of nitrogens with one attached hydrogen (secondary N) is 1. The van der Waals surface area contributed by atoms with E-state index in [-0.39, 0.29) is 17.6 Å². The lowest BCUT2D eigenvalue weighted by Gasteiger charge is -2.19. The Balaban J connectivity index is 1.37. The van der Waals surface area contributed by atoms with Crippen molar-refractivity contribution in [1.29, 1.82) is 0 Å². The van der Waals surface area contributed by atoms with Crippen LogP contribution in [0.15, 0.2) is 47.4 Å². The van der Waals surface area contributed by atoms with Gasteiger partial charge in [0.25, 0.3) is 0 Å². The lowest BCUT2D eigenvalue weighted by Crippen LogP contribution is -2.31. The summed E-state index contributed by atoms with van der Waals surface area (Å²) in [6.07, 6.45) is 1.28. The summed E-state index contributed by atoms with van der Waals surface area (Å²) in [6, 6.07) is 10.1. The zero-order valence-electron chi connectivity index (χ0n) is 14.8. The van der Waals surface area contributed by atoms with Gasteiger partial charge in [-0.25, -0.2) is 13.2 Å². The molecule has 1 saturated heterocycles. The molecule has 3 nitrogen and oxygen atoms in total. The third-order valence-electron chi connectivity index (χ3n) is 4.55. The predicted molar refractivity (Wildman–Crippen MR) is 101 cm³/mol. The number of carbonyl (C=O) groups is 1. The van der Waals surface area contributed by atoms with Gasteiger partial charge in [0.05, 0.1) is 0 Å². The van der Waals surface area contributed by atoms with E-state index in [9.17, 15) is 18.0 Å². The number of amides is 1. The van der Waals surface area contributed by atoms with E-state index in [0.717, 1.165) is 23.9 Å². The normalized spacial score (nSPS) is 16.6. The van der Waals surface area contributed by atoms with E-state index in [2.05, 4.69) is 5.32 Å². The highest BCUT2D eigenvalue weighted by molar-refractivity contribution is 7.99. The van der Waals surface area contributed by atoms with Gasteiger partial charge in [-0.2, -0.15) is 0 Å². The first-order chi connectivity index (χ1) is 13.0. The van der Waals surface area contributed by atoms with Gasteiger partial charge in [-0.05, 0) is 48.7 Å². The molecule has 0 aliphatic carbocycles. The SMILES string of the molecule is O=C(CCSc1ccc(F)cc1)NCC1CCN(c2ccc(F)c(F)c2)C1. The molecule has 1 heterocycles. The molecule has 1 amide bonds. The van der Waals surface area contributed by atoms with Crippen LogP contribution in [0.3, 0.4) is 0 Å². The van der Waals surface area contributed by atoms with Crippen molar-refractivity contribution in [3.8, 4) is 0 Å². The van der Waals surface area contributed by atoms with E-state index in [4.69, 9.17) is 0 Å². The summed E-state index contributed by atoms with van der Waals surface area (Å²) in [5.74, 6) is -1.07. The quantitative estimate of drug-likeness (QED) is 0.714. The number of anilines is 1. The zero-order valence-corrected chi connectivity index (χ0v) is 15.6. The molecule has 2 aromatic rings. The molecule has 1 atom stereocenters. The summed E-state index contributed by atoms with van der Waals surface area (Å²) < 4.78 is 39.3. The highest BCUT2D eigenvalue weighted by atomic mass is 32.2. The number of hydrogen-bond acceptors (Lipinski definition) is 3. The Hall–Kier alpha value is -2.15. The Morgan fingerprint density at radius 1 is 1.11 bits per heavy atom. The summed E-state index contributed by atoms with van der Waals surface area (Å²) in [7, 11) is 0. The standard InChI is InChI=1S/C20H21F3N2OS/c21-15-1-4-17(5-2-15)27-10-8-20(26)24-12-14-7-9-25(13-14)16-3-6-18(22)19(23)11-16/h1-6,11,14H,7-10,12-13H2,(H,24,26). The number of halogens is 3. The summed E-state index contributed by atoms with van der Waals surface area (Å²) in [6.45, 7) is 2.03. The first-order valence-electron chi connectivity index (χ1n) is 8.86. The second kappa shape index (κ2) is 9.17. The molecule has 1 fully saturated rings. The molecule has 1 unspecified atom stereocenters. The van der Waals surface area contributed by atoms with Gasteiger partial charge in [0.2, 0.25) is 5.91 Å². The molecular weight excluding hydrogens is 373 g/mol. The molecule has 1 aliphatic heterocycles. The lowest BCUT2D eigenvalue weighted by atomic mass is 10.1. The topological polar surface area (TPSA) is 32.3 Å². The average molecular weight is 394 g/mol. The van der Waals surface area contributed by atoms with Crippen molar-refractivity contribution in [2.24, 2.45) is 5.92 Å². The summed E-state index contributed by atoms with van der Waals surface area (Å²) in [4.78, 5) is 14.9. The van der Waals surface area contributed by atoms with Crippen molar-refractivity contribution < 1.29 is 18.0 Å². The van der Waals surface area contributed by atoms with Gasteiger partial charge >= 0.3 is 0 Å². The molecule has 0 bridgehead atoms. The van der Waals surface area contributed by atoms with E-state index in [1.165, 1.54) is 30.0 Å². The number of nitrogens with zero attached hydrogens (tertiary/aromatic N) is 1. The maximum atomic E-state index is 13.4. The van der Waals surface area contributed by atoms with E-state index in [0.29, 0.717) is 31.0 Å². The minimum Gasteiger partial charge on any atom is -0.371 e. The molecule has 2 aromatic carbocycles. The third kappa shape index (κ3) is 5.66. The minimum atomic E-state index is -0.847. The monoisotopic (exact) mass is 394 g/mol. The van der Waals surface area contributed by atoms with Gasteiger partial charge in [0.15, 0.2) is 11.6 Å². The van der Waals surface area contributed by atoms with Gasteiger partial charge in [-0.1, -0.05) is 0 Å². The van der Waals surface area contributed by atoms with Crippen LogP contribution in [0.4, 0.5) is 18.9 Å². The molecule has 0 saturated carbocycles. The van der Waals surface area contributed by atoms with Crippen LogP contribution in [-0.2, 0) is 4.79 Å². The molecule has 144 valence electrons. The van der Waals surface area contributed by atoms with E-state index >= 15 is 0 Å². The molecule has 1 N–H and O–H groups in total. The van der Waals surface area contributed by atoms with E-state index in [1.54, 1.807) is 18.2 Å². The van der Waals surface area contributed by atoms with Crippen molar-refractivity contribution in [3.05, 3.63) is 59.9 Å². The van der Waals surface area contributed by atoms with Crippen LogP contribution in [-0.4, -0.2) is 31.3 Å². The third-order valence-corrected chi connectivity index (χ3v) is 5.57. The fraction of sp³-hybridized carbons (Fsp3) is 0.350. The maximum Gasteiger partial charge on any atom is 0.220 e. The van der Waals surface area contributed by atoms with Crippen molar-refractivity contribution in [1.82, 2.24) is 5.32 Å². The Kier molecular flexibility index (Phi) is 6.66. The summed E-state index contributed by atoms with van der Waals surface area (Å²) >= 11 is 1.51. The van der Waals surface area contributed by atoms with Gasteiger partial charge in [0, 0.05) is 48.5 Å². The van der Waals surface area contributed by atoms with Gasteiger partial charge in [-0.15, -0.1) is 11.8 Å². The van der Waals surface area contributed by atoms with Gasteiger partial charge in [0.1, 0.15) is 5.82 Å². The Labute approximate surface area is 160 Å². The molecule has 0 spiro atoms. The molecule has 27 heavy (non-hydrogen) atoms. The Morgan fingerprint density at radius 3 is 2.63 bits per heavy atom. The van der Waals surface area contributed by atoms with Gasteiger partial charge in [-0.3, -0.25) is 4.79 Å². The van der Waals surface area contributed by atoms with Crippen LogP contribution in [0.5, 0.6) is 0 Å². The Morgan fingerprint density at radius 2 is 1.89 bits per heavy atom. The molecule has 0 aromatic heterocycles. The van der Waals surface area contributed by atoms with Crippen LogP contribution in [0, 0.1) is 23.4 Å². The molecule has 1 aliphatic rings. The number of benzene rings is 2. The van der Waals surface area contributed by atoms with Crippen molar-refractivity contribution >= 4 is 23.4 Å².